The Labute approximate surface area is 137 Å². The number of rotatable bonds is 3. The summed E-state index contributed by atoms with van der Waals surface area (Å²) in [5.41, 5.74) is 2.57. The van der Waals surface area contributed by atoms with Crippen molar-refractivity contribution in [2.45, 2.75) is 31.6 Å². The van der Waals surface area contributed by atoms with Crippen LogP contribution < -0.4 is 5.32 Å². The van der Waals surface area contributed by atoms with Gasteiger partial charge >= 0.3 is 12.2 Å². The number of benzene rings is 1. The first kappa shape index (κ1) is 16.4. The third kappa shape index (κ3) is 3.52. The van der Waals surface area contributed by atoms with Gasteiger partial charge in [0.25, 0.3) is 0 Å². The minimum atomic E-state index is -4.35. The van der Waals surface area contributed by atoms with E-state index < -0.39 is 12.7 Å². The van der Waals surface area contributed by atoms with E-state index in [2.05, 4.69) is 10.4 Å². The molecular formula is C16H17F3N4O. The SMILES string of the molecule is CN(C(=O)Nc1cnn(CC(F)(F)F)c1)[C@@H]1CCc2ccccc21. The maximum atomic E-state index is 12.4. The first-order valence-electron chi connectivity index (χ1n) is 7.54. The molecule has 0 aliphatic heterocycles. The number of anilines is 1. The number of carbonyl (C=O) groups excluding carboxylic acids is 1. The van der Waals surface area contributed by atoms with Gasteiger partial charge in [-0.25, -0.2) is 4.79 Å². The lowest BCUT2D eigenvalue weighted by atomic mass is 10.1. The summed E-state index contributed by atoms with van der Waals surface area (Å²) >= 11 is 0. The van der Waals surface area contributed by atoms with E-state index >= 15 is 0 Å². The number of fused-ring (bicyclic) bond motifs is 1. The highest BCUT2D eigenvalue weighted by Gasteiger charge is 2.30. The predicted octanol–water partition coefficient (Wildman–Crippen LogP) is 3.60. The Morgan fingerprint density at radius 3 is 2.92 bits per heavy atom. The van der Waals surface area contributed by atoms with E-state index in [1.165, 1.54) is 18.0 Å². The predicted molar refractivity (Wildman–Crippen MR) is 82.6 cm³/mol. The lowest BCUT2D eigenvalue weighted by Crippen LogP contribution is -2.33. The van der Waals surface area contributed by atoms with Crippen LogP contribution in [0.25, 0.3) is 0 Å². The average Bonchev–Trinajstić information content (AvgIpc) is 3.11. The maximum Gasteiger partial charge on any atom is 0.408 e. The maximum absolute atomic E-state index is 12.4. The number of nitrogens with one attached hydrogen (secondary N) is 1. The molecule has 2 aromatic rings. The summed E-state index contributed by atoms with van der Waals surface area (Å²) in [5.74, 6) is 0. The van der Waals surface area contributed by atoms with Gasteiger partial charge in [-0.1, -0.05) is 24.3 Å². The van der Waals surface area contributed by atoms with Gasteiger partial charge in [0, 0.05) is 13.2 Å². The van der Waals surface area contributed by atoms with Gasteiger partial charge in [-0.05, 0) is 24.0 Å². The molecule has 24 heavy (non-hydrogen) atoms. The van der Waals surface area contributed by atoms with Gasteiger partial charge < -0.3 is 10.2 Å². The van der Waals surface area contributed by atoms with Crippen molar-refractivity contribution < 1.29 is 18.0 Å². The Kier molecular flexibility index (Phi) is 4.21. The monoisotopic (exact) mass is 338 g/mol. The number of hydrogen-bond donors (Lipinski definition) is 1. The number of alkyl halides is 3. The van der Waals surface area contributed by atoms with E-state index in [1.54, 1.807) is 11.9 Å². The molecule has 1 N–H and O–H groups in total. The van der Waals surface area contributed by atoms with Crippen molar-refractivity contribution in [2.75, 3.05) is 12.4 Å². The van der Waals surface area contributed by atoms with Crippen molar-refractivity contribution in [3.63, 3.8) is 0 Å². The molecule has 0 radical (unpaired) electrons. The Balaban J connectivity index is 1.65. The second-order valence-corrected chi connectivity index (χ2v) is 5.84. The molecule has 0 saturated carbocycles. The first-order valence-corrected chi connectivity index (χ1v) is 7.54. The number of hydrogen-bond acceptors (Lipinski definition) is 2. The van der Waals surface area contributed by atoms with Gasteiger partial charge in [-0.2, -0.15) is 18.3 Å². The lowest BCUT2D eigenvalue weighted by molar-refractivity contribution is -0.142. The van der Waals surface area contributed by atoms with Gasteiger partial charge in [0.05, 0.1) is 17.9 Å². The molecule has 1 aromatic heterocycles. The minimum absolute atomic E-state index is 0.0357. The molecular weight excluding hydrogens is 321 g/mol. The van der Waals surface area contributed by atoms with Crippen molar-refractivity contribution in [2.24, 2.45) is 0 Å². The fraction of sp³-hybridized carbons (Fsp3) is 0.375. The topological polar surface area (TPSA) is 50.2 Å². The Hall–Kier alpha value is -2.51. The van der Waals surface area contributed by atoms with Crippen molar-refractivity contribution >= 4 is 11.7 Å². The van der Waals surface area contributed by atoms with E-state index in [0.717, 1.165) is 23.1 Å². The molecule has 0 bridgehead atoms. The summed E-state index contributed by atoms with van der Waals surface area (Å²) in [6, 6.07) is 7.54. The summed E-state index contributed by atoms with van der Waals surface area (Å²) in [7, 11) is 1.68. The van der Waals surface area contributed by atoms with E-state index in [0.29, 0.717) is 0 Å². The quantitative estimate of drug-likeness (QED) is 0.930. The molecule has 1 aliphatic carbocycles. The fourth-order valence-corrected chi connectivity index (χ4v) is 2.99. The van der Waals surface area contributed by atoms with Crippen LogP contribution in [-0.2, 0) is 13.0 Å². The molecule has 0 unspecified atom stereocenters. The van der Waals surface area contributed by atoms with Crippen molar-refractivity contribution in [1.82, 2.24) is 14.7 Å². The van der Waals surface area contributed by atoms with E-state index in [9.17, 15) is 18.0 Å². The van der Waals surface area contributed by atoms with Gasteiger partial charge in [0.2, 0.25) is 0 Å². The number of amides is 2. The number of urea groups is 1. The van der Waals surface area contributed by atoms with Crippen molar-refractivity contribution in [3.05, 3.63) is 47.8 Å². The lowest BCUT2D eigenvalue weighted by Gasteiger charge is -2.25. The molecule has 0 spiro atoms. The van der Waals surface area contributed by atoms with Crippen LogP contribution in [0.5, 0.6) is 0 Å². The number of aryl methyl sites for hydroxylation is 1. The molecule has 1 aromatic carbocycles. The van der Waals surface area contributed by atoms with Crippen LogP contribution in [0.15, 0.2) is 36.7 Å². The van der Waals surface area contributed by atoms with Crippen molar-refractivity contribution in [3.8, 4) is 0 Å². The highest BCUT2D eigenvalue weighted by atomic mass is 19.4. The first-order chi connectivity index (χ1) is 11.3. The third-order valence-electron chi connectivity index (χ3n) is 4.11. The number of halogens is 3. The average molecular weight is 338 g/mol. The number of carbonyl (C=O) groups is 1. The van der Waals surface area contributed by atoms with Crippen LogP contribution >= 0.6 is 0 Å². The summed E-state index contributed by atoms with van der Waals surface area (Å²) in [6.45, 7) is -1.19. The molecule has 0 fully saturated rings. The Morgan fingerprint density at radius 1 is 1.42 bits per heavy atom. The fourth-order valence-electron chi connectivity index (χ4n) is 2.99. The van der Waals surface area contributed by atoms with Crippen LogP contribution in [0.1, 0.15) is 23.6 Å². The minimum Gasteiger partial charge on any atom is -0.321 e. The zero-order valence-electron chi connectivity index (χ0n) is 13.0. The highest BCUT2D eigenvalue weighted by Crippen LogP contribution is 2.35. The van der Waals surface area contributed by atoms with Gasteiger partial charge in [0.15, 0.2) is 0 Å². The van der Waals surface area contributed by atoms with Crippen LogP contribution in [0.2, 0.25) is 0 Å². The molecule has 128 valence electrons. The molecule has 0 saturated heterocycles. The van der Waals surface area contributed by atoms with Gasteiger partial charge in [-0.15, -0.1) is 0 Å². The molecule has 1 aliphatic rings. The van der Waals surface area contributed by atoms with Gasteiger partial charge in [0.1, 0.15) is 6.54 Å². The zero-order valence-corrected chi connectivity index (χ0v) is 13.0. The number of nitrogens with zero attached hydrogens (tertiary/aromatic N) is 3. The van der Waals surface area contributed by atoms with Gasteiger partial charge in [-0.3, -0.25) is 4.68 Å². The third-order valence-corrected chi connectivity index (χ3v) is 4.11. The molecule has 8 heteroatoms. The summed E-state index contributed by atoms with van der Waals surface area (Å²) in [4.78, 5) is 13.9. The van der Waals surface area contributed by atoms with Crippen LogP contribution in [0.3, 0.4) is 0 Å². The molecule has 1 heterocycles. The molecule has 2 amide bonds. The Morgan fingerprint density at radius 2 is 2.17 bits per heavy atom. The summed E-state index contributed by atoms with van der Waals surface area (Å²) < 4.78 is 37.7. The highest BCUT2D eigenvalue weighted by molar-refractivity contribution is 5.89. The molecule has 5 nitrogen and oxygen atoms in total. The molecule has 1 atom stereocenters. The normalized spacial score (nSPS) is 16.8. The Bertz CT molecular complexity index is 741. The largest absolute Gasteiger partial charge is 0.408 e. The smallest absolute Gasteiger partial charge is 0.321 e. The van der Waals surface area contributed by atoms with E-state index in [4.69, 9.17) is 0 Å². The second-order valence-electron chi connectivity index (χ2n) is 5.84. The van der Waals surface area contributed by atoms with Crippen molar-refractivity contribution in [1.29, 1.82) is 0 Å². The van der Waals surface area contributed by atoms with E-state index in [1.807, 2.05) is 24.3 Å². The van der Waals surface area contributed by atoms with Crippen LogP contribution in [0.4, 0.5) is 23.7 Å². The second kappa shape index (κ2) is 6.18. The summed E-state index contributed by atoms with van der Waals surface area (Å²) in [6.07, 6.45) is -0.238. The van der Waals surface area contributed by atoms with Crippen LogP contribution in [0, 0.1) is 0 Å². The van der Waals surface area contributed by atoms with E-state index in [-0.39, 0.29) is 17.8 Å². The van der Waals surface area contributed by atoms with Crippen LogP contribution in [-0.4, -0.2) is 33.9 Å². The number of aromatic nitrogens is 2. The standard InChI is InChI=1S/C16H17F3N4O/c1-22(14-7-6-11-4-2-3-5-13(11)14)15(24)21-12-8-20-23(9-12)10-16(17,18)19/h2-5,8-9,14H,6-7,10H2,1H3,(H,21,24)/t14-/m1/s1. The molecule has 3 rings (SSSR count). The zero-order chi connectivity index (χ0) is 17.3. The summed E-state index contributed by atoms with van der Waals surface area (Å²) in [5, 5.41) is 6.20.